The molecule has 0 unspecified atom stereocenters. The van der Waals surface area contributed by atoms with Gasteiger partial charge in [0.2, 0.25) is 20.0 Å². The maximum absolute atomic E-state index is 12.8. The van der Waals surface area contributed by atoms with E-state index in [0.717, 1.165) is 38.5 Å². The van der Waals surface area contributed by atoms with Crippen molar-refractivity contribution in [3.8, 4) is 0 Å². The highest BCUT2D eigenvalue weighted by Crippen LogP contribution is 2.27. The predicted octanol–water partition coefficient (Wildman–Crippen LogP) is 2.96. The van der Waals surface area contributed by atoms with Crippen LogP contribution < -0.4 is 4.72 Å². The molecule has 2 atom stereocenters. The third-order valence-corrected chi connectivity index (χ3v) is 9.35. The van der Waals surface area contributed by atoms with Crippen LogP contribution in [-0.2, 0) is 20.0 Å². The van der Waals surface area contributed by atoms with E-state index < -0.39 is 20.0 Å². The van der Waals surface area contributed by atoms with Crippen LogP contribution in [0.2, 0.25) is 0 Å². The molecular formula is C19H30N2O4S2. The number of piperidine rings is 1. The molecule has 1 heterocycles. The monoisotopic (exact) mass is 414 g/mol. The third kappa shape index (κ3) is 4.72. The lowest BCUT2D eigenvalue weighted by molar-refractivity contribution is 0.288. The molecule has 1 N–H and O–H groups in total. The minimum atomic E-state index is -3.65. The van der Waals surface area contributed by atoms with Gasteiger partial charge in [0, 0.05) is 19.1 Å². The molecule has 0 amide bonds. The van der Waals surface area contributed by atoms with E-state index in [1.807, 2.05) is 0 Å². The van der Waals surface area contributed by atoms with Crippen molar-refractivity contribution in [2.45, 2.75) is 68.2 Å². The zero-order valence-corrected chi connectivity index (χ0v) is 17.7. The van der Waals surface area contributed by atoms with Gasteiger partial charge in [-0.1, -0.05) is 26.7 Å². The van der Waals surface area contributed by atoms with E-state index in [9.17, 15) is 16.8 Å². The first-order valence-electron chi connectivity index (χ1n) is 9.83. The Balaban J connectivity index is 1.74. The van der Waals surface area contributed by atoms with Crippen molar-refractivity contribution in [2.75, 3.05) is 13.1 Å². The van der Waals surface area contributed by atoms with Crippen LogP contribution in [0.15, 0.2) is 34.1 Å². The molecule has 27 heavy (non-hydrogen) atoms. The average molecular weight is 415 g/mol. The van der Waals surface area contributed by atoms with Crippen molar-refractivity contribution in [1.82, 2.24) is 9.03 Å². The summed E-state index contributed by atoms with van der Waals surface area (Å²) in [6, 6.07) is 5.56. The first-order valence-corrected chi connectivity index (χ1v) is 12.7. The van der Waals surface area contributed by atoms with Crippen molar-refractivity contribution >= 4 is 20.0 Å². The van der Waals surface area contributed by atoms with Crippen LogP contribution in [0.25, 0.3) is 0 Å². The fourth-order valence-corrected chi connectivity index (χ4v) is 6.77. The van der Waals surface area contributed by atoms with Gasteiger partial charge in [0.1, 0.15) is 0 Å². The van der Waals surface area contributed by atoms with E-state index in [0.29, 0.717) is 24.9 Å². The summed E-state index contributed by atoms with van der Waals surface area (Å²) < 4.78 is 55.2. The van der Waals surface area contributed by atoms with Crippen LogP contribution in [-0.4, -0.2) is 40.3 Å². The van der Waals surface area contributed by atoms with Crippen LogP contribution in [0.3, 0.4) is 0 Å². The Morgan fingerprint density at radius 1 is 0.852 bits per heavy atom. The van der Waals surface area contributed by atoms with E-state index in [1.165, 1.54) is 28.6 Å². The van der Waals surface area contributed by atoms with Gasteiger partial charge in [0.15, 0.2) is 0 Å². The van der Waals surface area contributed by atoms with E-state index in [-0.39, 0.29) is 15.8 Å². The van der Waals surface area contributed by atoms with Crippen molar-refractivity contribution in [3.05, 3.63) is 24.3 Å². The second-order valence-corrected chi connectivity index (χ2v) is 11.7. The fourth-order valence-electron chi connectivity index (χ4n) is 3.92. The van der Waals surface area contributed by atoms with E-state index in [4.69, 9.17) is 0 Å². The van der Waals surface area contributed by atoms with Crippen LogP contribution in [0.4, 0.5) is 0 Å². The number of nitrogens with zero attached hydrogens (tertiary/aromatic N) is 1. The number of rotatable bonds is 5. The summed E-state index contributed by atoms with van der Waals surface area (Å²) in [4.78, 5) is 0.272. The number of hydrogen-bond acceptors (Lipinski definition) is 4. The van der Waals surface area contributed by atoms with Crippen molar-refractivity contribution in [1.29, 1.82) is 0 Å². The summed E-state index contributed by atoms with van der Waals surface area (Å²) in [6.45, 7) is 5.24. The molecule has 1 aromatic rings. The van der Waals surface area contributed by atoms with E-state index in [1.54, 1.807) is 0 Å². The normalized spacial score (nSPS) is 26.1. The van der Waals surface area contributed by atoms with Gasteiger partial charge in [-0.15, -0.1) is 0 Å². The van der Waals surface area contributed by atoms with Gasteiger partial charge in [-0.25, -0.2) is 21.6 Å². The van der Waals surface area contributed by atoms with Gasteiger partial charge in [0.25, 0.3) is 0 Å². The molecule has 3 rings (SSSR count). The van der Waals surface area contributed by atoms with Gasteiger partial charge in [-0.3, -0.25) is 0 Å². The van der Waals surface area contributed by atoms with Crippen LogP contribution in [0.1, 0.15) is 52.4 Å². The maximum Gasteiger partial charge on any atom is 0.243 e. The molecule has 1 saturated heterocycles. The zero-order valence-electron chi connectivity index (χ0n) is 16.1. The summed E-state index contributed by atoms with van der Waals surface area (Å²) in [5.74, 6) is 0.854. The molecule has 0 radical (unpaired) electrons. The predicted molar refractivity (Wildman–Crippen MR) is 105 cm³/mol. The van der Waals surface area contributed by atoms with Gasteiger partial charge in [-0.05, 0) is 61.8 Å². The average Bonchev–Trinajstić information content (AvgIpc) is 2.64. The second kappa shape index (κ2) is 8.19. The number of sulfonamides is 2. The summed E-state index contributed by atoms with van der Waals surface area (Å²) in [6.07, 6.45) is 5.76. The highest BCUT2D eigenvalue weighted by Gasteiger charge is 2.30. The molecule has 8 heteroatoms. The molecule has 0 bridgehead atoms. The second-order valence-electron chi connectivity index (χ2n) is 8.05. The molecule has 1 aromatic carbocycles. The zero-order chi connectivity index (χ0) is 19.7. The number of nitrogens with one attached hydrogen (secondary N) is 1. The van der Waals surface area contributed by atoms with Crippen molar-refractivity contribution in [2.24, 2.45) is 11.8 Å². The Hall–Kier alpha value is -0.960. The Morgan fingerprint density at radius 3 is 2.00 bits per heavy atom. The third-order valence-electron chi connectivity index (χ3n) is 5.93. The fraction of sp³-hybridized carbons (Fsp3) is 0.684. The topological polar surface area (TPSA) is 83.6 Å². The Kier molecular flexibility index (Phi) is 6.30. The maximum atomic E-state index is 12.8. The van der Waals surface area contributed by atoms with Crippen molar-refractivity contribution < 1.29 is 16.8 Å². The largest absolute Gasteiger partial charge is 0.243 e. The lowest BCUT2D eigenvalue weighted by Crippen LogP contribution is -2.41. The minimum Gasteiger partial charge on any atom is -0.208 e. The Morgan fingerprint density at radius 2 is 1.41 bits per heavy atom. The first-order chi connectivity index (χ1) is 12.7. The molecule has 2 fully saturated rings. The van der Waals surface area contributed by atoms with Gasteiger partial charge in [-0.2, -0.15) is 4.31 Å². The summed E-state index contributed by atoms with van der Waals surface area (Å²) in [5, 5.41) is 0. The van der Waals surface area contributed by atoms with Crippen molar-refractivity contribution in [3.63, 3.8) is 0 Å². The molecule has 152 valence electrons. The first kappa shape index (κ1) is 20.8. The van der Waals surface area contributed by atoms with Gasteiger partial charge >= 0.3 is 0 Å². The number of benzene rings is 1. The highest BCUT2D eigenvalue weighted by molar-refractivity contribution is 7.89. The minimum absolute atomic E-state index is 0.0532. The standard InChI is InChI=1S/C19H30N2O4S2/c1-15-11-13-21(14-12-15)27(24,25)18-9-7-17(8-10-18)26(22,23)20-19-6-4-3-5-16(19)2/h7-10,15-16,19-20H,3-6,11-14H2,1-2H3/t16-,19-/m1/s1. The summed E-state index contributed by atoms with van der Waals surface area (Å²) in [5.41, 5.74) is 0. The SMILES string of the molecule is CC1CCN(S(=O)(=O)c2ccc(S(=O)(=O)N[C@@H]3CCCC[C@H]3C)cc2)CC1. The van der Waals surface area contributed by atoms with Gasteiger partial charge < -0.3 is 0 Å². The van der Waals surface area contributed by atoms with Crippen LogP contribution in [0.5, 0.6) is 0 Å². The highest BCUT2D eigenvalue weighted by atomic mass is 32.2. The lowest BCUT2D eigenvalue weighted by Gasteiger charge is -2.30. The smallest absolute Gasteiger partial charge is 0.208 e. The molecular weight excluding hydrogens is 384 g/mol. The molecule has 1 saturated carbocycles. The summed E-state index contributed by atoms with van der Waals surface area (Å²) in [7, 11) is -7.21. The Labute approximate surface area is 163 Å². The summed E-state index contributed by atoms with van der Waals surface area (Å²) >= 11 is 0. The van der Waals surface area contributed by atoms with E-state index >= 15 is 0 Å². The van der Waals surface area contributed by atoms with Crippen LogP contribution in [0, 0.1) is 11.8 Å². The molecule has 2 aliphatic rings. The van der Waals surface area contributed by atoms with E-state index in [2.05, 4.69) is 18.6 Å². The molecule has 1 aliphatic heterocycles. The Bertz CT molecular complexity index is 842. The molecule has 1 aliphatic carbocycles. The van der Waals surface area contributed by atoms with Gasteiger partial charge in [0.05, 0.1) is 9.79 Å². The lowest BCUT2D eigenvalue weighted by atomic mass is 9.87. The number of hydrogen-bond donors (Lipinski definition) is 1. The molecule has 0 aromatic heterocycles. The molecule has 0 spiro atoms. The molecule has 6 nitrogen and oxygen atoms in total. The quantitative estimate of drug-likeness (QED) is 0.803. The van der Waals surface area contributed by atoms with Crippen LogP contribution >= 0.6 is 0 Å².